The lowest BCUT2D eigenvalue weighted by molar-refractivity contribution is -0.137. The first-order chi connectivity index (χ1) is 15.8. The third kappa shape index (κ3) is 5.87. The van der Waals surface area contributed by atoms with E-state index in [0.717, 1.165) is 24.3 Å². The highest BCUT2D eigenvalue weighted by Gasteiger charge is 2.31. The van der Waals surface area contributed by atoms with Gasteiger partial charge in [-0.25, -0.2) is 4.79 Å². The van der Waals surface area contributed by atoms with Crippen molar-refractivity contribution in [1.82, 2.24) is 9.47 Å². The fourth-order valence-corrected chi connectivity index (χ4v) is 4.06. The van der Waals surface area contributed by atoms with Crippen LogP contribution in [0, 0.1) is 19.8 Å². The molecule has 0 aliphatic carbocycles. The maximum absolute atomic E-state index is 13.4. The molecule has 1 aromatic carbocycles. The van der Waals surface area contributed by atoms with Gasteiger partial charge in [-0.15, -0.1) is 0 Å². The van der Waals surface area contributed by atoms with Crippen molar-refractivity contribution in [3.05, 3.63) is 57.9 Å². The van der Waals surface area contributed by atoms with E-state index in [-0.39, 0.29) is 37.0 Å². The lowest BCUT2D eigenvalue weighted by Gasteiger charge is -2.24. The van der Waals surface area contributed by atoms with Crippen LogP contribution in [-0.2, 0) is 17.5 Å². The van der Waals surface area contributed by atoms with Crippen LogP contribution in [0.2, 0.25) is 0 Å². The second kappa shape index (κ2) is 10.9. The van der Waals surface area contributed by atoms with Gasteiger partial charge in [0.1, 0.15) is 5.69 Å². The summed E-state index contributed by atoms with van der Waals surface area (Å²) < 4.78 is 45.5. The van der Waals surface area contributed by atoms with E-state index in [1.807, 2.05) is 20.8 Å². The maximum atomic E-state index is 13.4. The predicted octanol–water partition coefficient (Wildman–Crippen LogP) is 5.30. The van der Waals surface area contributed by atoms with Crippen molar-refractivity contribution in [3.63, 3.8) is 0 Å². The molecule has 1 heterocycles. The molecular formula is C25H31F3N2O4. The molecule has 6 nitrogen and oxygen atoms in total. The second-order valence-corrected chi connectivity index (χ2v) is 8.48. The molecule has 186 valence electrons. The fraction of sp³-hybridized carbons (Fsp3) is 0.480. The maximum Gasteiger partial charge on any atom is 0.416 e. The molecule has 0 aliphatic heterocycles. The van der Waals surface area contributed by atoms with Gasteiger partial charge in [0.25, 0.3) is 5.91 Å². The largest absolute Gasteiger partial charge is 0.461 e. The molecule has 2 rings (SSSR count). The van der Waals surface area contributed by atoms with Crippen molar-refractivity contribution < 1.29 is 32.3 Å². The molecule has 0 unspecified atom stereocenters. The number of esters is 1. The van der Waals surface area contributed by atoms with Crippen molar-refractivity contribution in [2.45, 2.75) is 54.3 Å². The molecule has 0 aliphatic rings. The Morgan fingerprint density at radius 2 is 1.65 bits per heavy atom. The second-order valence-electron chi connectivity index (χ2n) is 8.48. The zero-order valence-corrected chi connectivity index (χ0v) is 20.4. The molecule has 0 radical (unpaired) electrons. The molecule has 0 N–H and O–H groups in total. The Labute approximate surface area is 197 Å². The Morgan fingerprint density at radius 1 is 1.06 bits per heavy atom. The van der Waals surface area contributed by atoms with Crippen molar-refractivity contribution >= 4 is 17.7 Å². The minimum Gasteiger partial charge on any atom is -0.461 e. The van der Waals surface area contributed by atoms with Gasteiger partial charge in [0.05, 0.1) is 18.7 Å². The van der Waals surface area contributed by atoms with Crippen LogP contribution in [0.5, 0.6) is 0 Å². The van der Waals surface area contributed by atoms with Gasteiger partial charge in [0.2, 0.25) is 0 Å². The number of Topliss-reactive ketones (excluding diaryl/α,β-unsaturated/α-hetero) is 1. The molecule has 0 atom stereocenters. The number of hydrogen-bond acceptors (Lipinski definition) is 4. The smallest absolute Gasteiger partial charge is 0.416 e. The monoisotopic (exact) mass is 480 g/mol. The number of carbonyl (C=O) groups is 3. The third-order valence-corrected chi connectivity index (χ3v) is 5.50. The van der Waals surface area contributed by atoms with Crippen LogP contribution in [-0.4, -0.2) is 46.8 Å². The number of halogens is 3. The number of hydrogen-bond donors (Lipinski definition) is 0. The predicted molar refractivity (Wildman–Crippen MR) is 122 cm³/mol. The lowest BCUT2D eigenvalue weighted by atomic mass is 10.0. The molecule has 0 saturated carbocycles. The molecular weight excluding hydrogens is 449 g/mol. The number of carbonyl (C=O) groups excluding carboxylic acids is 3. The minimum absolute atomic E-state index is 0.0173. The first kappa shape index (κ1) is 27.1. The molecule has 2 aromatic rings. The Bertz CT molecular complexity index is 1050. The summed E-state index contributed by atoms with van der Waals surface area (Å²) >= 11 is 0. The number of amides is 1. The summed E-state index contributed by atoms with van der Waals surface area (Å²) in [5.41, 5.74) is 0.935. The average Bonchev–Trinajstić information content (AvgIpc) is 3.01. The molecule has 9 heteroatoms. The van der Waals surface area contributed by atoms with Crippen LogP contribution < -0.4 is 0 Å². The first-order valence-corrected chi connectivity index (χ1v) is 11.2. The number of benzene rings is 1. The van der Waals surface area contributed by atoms with Crippen LogP contribution in [0.4, 0.5) is 13.2 Å². The normalized spacial score (nSPS) is 11.6. The molecule has 0 saturated heterocycles. The first-order valence-electron chi connectivity index (χ1n) is 11.2. The summed E-state index contributed by atoms with van der Waals surface area (Å²) in [5, 5.41) is 0. The number of ketones is 1. The summed E-state index contributed by atoms with van der Waals surface area (Å²) in [5.74, 6) is -1.40. The van der Waals surface area contributed by atoms with E-state index in [1.165, 1.54) is 4.90 Å². The standard InChI is InChI=1S/C25H31F3N2O4/c1-7-30-17(6)21(16(5)22(30)24(33)34-8-2)20(31)14-29(13-15(3)4)23(32)18-9-11-19(12-10-18)25(26,27)28/h9-12,15H,7-8,13-14H2,1-6H3. The highest BCUT2D eigenvalue weighted by molar-refractivity contribution is 6.06. The van der Waals surface area contributed by atoms with Crippen LogP contribution in [0.15, 0.2) is 24.3 Å². The summed E-state index contributed by atoms with van der Waals surface area (Å²) in [6, 6.07) is 3.94. The van der Waals surface area contributed by atoms with Crippen molar-refractivity contribution in [3.8, 4) is 0 Å². The van der Waals surface area contributed by atoms with Crippen LogP contribution in [0.25, 0.3) is 0 Å². The summed E-state index contributed by atoms with van der Waals surface area (Å²) in [6.45, 7) is 11.3. The van der Waals surface area contributed by atoms with Gasteiger partial charge in [-0.2, -0.15) is 13.2 Å². The average molecular weight is 481 g/mol. The Hall–Kier alpha value is -3.10. The molecule has 34 heavy (non-hydrogen) atoms. The van der Waals surface area contributed by atoms with E-state index >= 15 is 0 Å². The van der Waals surface area contributed by atoms with Gasteiger partial charge in [0.15, 0.2) is 5.78 Å². The van der Waals surface area contributed by atoms with E-state index in [2.05, 4.69) is 0 Å². The highest BCUT2D eigenvalue weighted by atomic mass is 19.4. The Balaban J connectivity index is 2.40. The third-order valence-electron chi connectivity index (χ3n) is 5.50. The van der Waals surface area contributed by atoms with E-state index in [0.29, 0.717) is 29.1 Å². The quantitative estimate of drug-likeness (QED) is 0.361. The number of nitrogens with zero attached hydrogens (tertiary/aromatic N) is 2. The van der Waals surface area contributed by atoms with E-state index in [1.54, 1.807) is 25.3 Å². The SMILES string of the molecule is CCOC(=O)c1c(C)c(C(=O)CN(CC(C)C)C(=O)c2ccc(C(F)(F)F)cc2)c(C)n1CC. The topological polar surface area (TPSA) is 68.6 Å². The van der Waals surface area contributed by atoms with Crippen LogP contribution in [0.1, 0.15) is 75.7 Å². The van der Waals surface area contributed by atoms with Gasteiger partial charge in [-0.1, -0.05) is 13.8 Å². The Morgan fingerprint density at radius 3 is 2.12 bits per heavy atom. The molecule has 0 bridgehead atoms. The van der Waals surface area contributed by atoms with Gasteiger partial charge in [-0.3, -0.25) is 9.59 Å². The van der Waals surface area contributed by atoms with Crippen LogP contribution in [0.3, 0.4) is 0 Å². The van der Waals surface area contributed by atoms with Crippen LogP contribution >= 0.6 is 0 Å². The minimum atomic E-state index is -4.51. The number of alkyl halides is 3. The Kier molecular flexibility index (Phi) is 8.69. The molecule has 1 amide bonds. The molecule has 0 spiro atoms. The highest BCUT2D eigenvalue weighted by Crippen LogP contribution is 2.29. The number of ether oxygens (including phenoxy) is 1. The molecule has 1 aromatic heterocycles. The van der Waals surface area contributed by atoms with E-state index < -0.39 is 23.6 Å². The van der Waals surface area contributed by atoms with Gasteiger partial charge in [0, 0.05) is 29.9 Å². The zero-order chi connectivity index (χ0) is 25.8. The number of aromatic nitrogens is 1. The van der Waals surface area contributed by atoms with Crippen molar-refractivity contribution in [2.75, 3.05) is 19.7 Å². The lowest BCUT2D eigenvalue weighted by Crippen LogP contribution is -2.38. The van der Waals surface area contributed by atoms with Gasteiger partial charge < -0.3 is 14.2 Å². The number of rotatable bonds is 9. The van der Waals surface area contributed by atoms with Crippen molar-refractivity contribution in [2.24, 2.45) is 5.92 Å². The van der Waals surface area contributed by atoms with Gasteiger partial charge in [-0.05, 0) is 63.4 Å². The summed E-state index contributed by atoms with van der Waals surface area (Å²) in [7, 11) is 0. The van der Waals surface area contributed by atoms with Gasteiger partial charge >= 0.3 is 12.1 Å². The zero-order valence-electron chi connectivity index (χ0n) is 20.4. The summed E-state index contributed by atoms with van der Waals surface area (Å²) in [6.07, 6.45) is -4.51. The van der Waals surface area contributed by atoms with E-state index in [9.17, 15) is 27.6 Å². The van der Waals surface area contributed by atoms with Crippen molar-refractivity contribution in [1.29, 1.82) is 0 Å². The molecule has 0 fully saturated rings. The fourth-order valence-electron chi connectivity index (χ4n) is 4.06. The van der Waals surface area contributed by atoms with E-state index in [4.69, 9.17) is 4.74 Å². The summed E-state index contributed by atoms with van der Waals surface area (Å²) in [4.78, 5) is 40.3.